The maximum atomic E-state index is 13.0. The van der Waals surface area contributed by atoms with Crippen molar-refractivity contribution in [1.82, 2.24) is 14.9 Å². The van der Waals surface area contributed by atoms with Crippen LogP contribution < -0.4 is 4.90 Å². The zero-order valence-corrected chi connectivity index (χ0v) is 13.7. The number of hydrogen-bond donors (Lipinski definition) is 0. The summed E-state index contributed by atoms with van der Waals surface area (Å²) in [6.45, 7) is 8.15. The highest BCUT2D eigenvalue weighted by molar-refractivity contribution is 5.40. The number of rotatable bonds is 4. The molecule has 3 rings (SSSR count). The van der Waals surface area contributed by atoms with E-state index in [2.05, 4.69) is 38.8 Å². The van der Waals surface area contributed by atoms with Gasteiger partial charge in [0, 0.05) is 50.0 Å². The number of pyridine rings is 2. The van der Waals surface area contributed by atoms with Gasteiger partial charge < -0.3 is 4.90 Å². The van der Waals surface area contributed by atoms with Crippen LogP contribution in [0.1, 0.15) is 18.3 Å². The van der Waals surface area contributed by atoms with Crippen LogP contribution in [0.4, 0.5) is 10.2 Å². The Morgan fingerprint density at radius 3 is 2.78 bits per heavy atom. The highest BCUT2D eigenvalue weighted by Crippen LogP contribution is 2.18. The first kappa shape index (κ1) is 15.9. The zero-order valence-electron chi connectivity index (χ0n) is 13.7. The van der Waals surface area contributed by atoms with Crippen molar-refractivity contribution in [3.8, 4) is 0 Å². The Bertz CT molecular complexity index is 644. The van der Waals surface area contributed by atoms with Crippen molar-refractivity contribution in [2.24, 2.45) is 0 Å². The van der Waals surface area contributed by atoms with Crippen LogP contribution in [0.2, 0.25) is 0 Å². The van der Waals surface area contributed by atoms with Crippen LogP contribution in [0.5, 0.6) is 0 Å². The van der Waals surface area contributed by atoms with Gasteiger partial charge in [0.2, 0.25) is 0 Å². The van der Waals surface area contributed by atoms with Crippen LogP contribution in [0.3, 0.4) is 0 Å². The summed E-state index contributed by atoms with van der Waals surface area (Å²) in [4.78, 5) is 13.5. The molecule has 0 bridgehead atoms. The van der Waals surface area contributed by atoms with Gasteiger partial charge in [-0.25, -0.2) is 9.37 Å². The lowest BCUT2D eigenvalue weighted by molar-refractivity contribution is 0.230. The second kappa shape index (κ2) is 7.04. The number of halogens is 1. The average molecular weight is 314 g/mol. The van der Waals surface area contributed by atoms with Crippen LogP contribution in [0.15, 0.2) is 36.5 Å². The van der Waals surface area contributed by atoms with Crippen molar-refractivity contribution < 1.29 is 4.39 Å². The number of nitrogens with zero attached hydrogens (tertiary/aromatic N) is 4. The highest BCUT2D eigenvalue weighted by Gasteiger charge is 2.24. The molecule has 2 aromatic heterocycles. The molecule has 23 heavy (non-hydrogen) atoms. The molecule has 5 heteroatoms. The third-order valence-electron chi connectivity index (χ3n) is 4.35. The first-order valence-electron chi connectivity index (χ1n) is 8.15. The van der Waals surface area contributed by atoms with Crippen molar-refractivity contribution in [2.75, 3.05) is 31.1 Å². The lowest BCUT2D eigenvalue weighted by Gasteiger charge is -2.40. The largest absolute Gasteiger partial charge is 0.351 e. The van der Waals surface area contributed by atoms with Gasteiger partial charge >= 0.3 is 0 Å². The van der Waals surface area contributed by atoms with E-state index in [1.165, 1.54) is 12.3 Å². The van der Waals surface area contributed by atoms with E-state index in [9.17, 15) is 4.39 Å². The quantitative estimate of drug-likeness (QED) is 0.868. The van der Waals surface area contributed by atoms with E-state index >= 15 is 0 Å². The fourth-order valence-electron chi connectivity index (χ4n) is 3.13. The van der Waals surface area contributed by atoms with Crippen molar-refractivity contribution in [3.05, 3.63) is 53.7 Å². The lowest BCUT2D eigenvalue weighted by atomic mass is 10.1. The van der Waals surface area contributed by atoms with Gasteiger partial charge in [0.05, 0.1) is 6.20 Å². The predicted octanol–water partition coefficient (Wildman–Crippen LogP) is 2.68. The van der Waals surface area contributed by atoms with Gasteiger partial charge in [0.15, 0.2) is 0 Å². The molecule has 1 saturated heterocycles. The molecule has 0 N–H and O–H groups in total. The highest BCUT2D eigenvalue weighted by atomic mass is 19.1. The Kier molecular flexibility index (Phi) is 4.86. The fraction of sp³-hybridized carbons (Fsp3) is 0.444. The average Bonchev–Trinajstić information content (AvgIpc) is 2.54. The van der Waals surface area contributed by atoms with E-state index in [0.717, 1.165) is 49.8 Å². The Labute approximate surface area is 137 Å². The Morgan fingerprint density at radius 2 is 2.09 bits per heavy atom. The second-order valence-corrected chi connectivity index (χ2v) is 6.20. The van der Waals surface area contributed by atoms with Gasteiger partial charge in [-0.1, -0.05) is 6.07 Å². The molecule has 122 valence electrons. The number of piperazine rings is 1. The number of anilines is 1. The van der Waals surface area contributed by atoms with E-state index in [-0.39, 0.29) is 5.82 Å². The zero-order chi connectivity index (χ0) is 16.2. The van der Waals surface area contributed by atoms with E-state index in [4.69, 9.17) is 0 Å². The standard InChI is InChI=1S/C18H23FN4/c1-14-4-3-5-17(21-14)8-9-22-10-11-23(15(2)13-22)18-7-6-16(19)12-20-18/h3-7,12,15H,8-11,13H2,1-2H3. The van der Waals surface area contributed by atoms with Gasteiger partial charge in [-0.3, -0.25) is 9.88 Å². The minimum absolute atomic E-state index is 0.286. The van der Waals surface area contributed by atoms with Gasteiger partial charge in [0.25, 0.3) is 0 Å². The molecule has 1 unspecified atom stereocenters. The summed E-state index contributed by atoms with van der Waals surface area (Å²) in [7, 11) is 0. The number of aromatic nitrogens is 2. The summed E-state index contributed by atoms with van der Waals surface area (Å²) in [5.74, 6) is 0.574. The van der Waals surface area contributed by atoms with Crippen LogP contribution in [-0.4, -0.2) is 47.1 Å². The summed E-state index contributed by atoms with van der Waals surface area (Å²) in [6.07, 6.45) is 2.26. The van der Waals surface area contributed by atoms with Gasteiger partial charge in [-0.2, -0.15) is 0 Å². The number of aryl methyl sites for hydroxylation is 1. The van der Waals surface area contributed by atoms with E-state index in [1.807, 2.05) is 13.0 Å². The van der Waals surface area contributed by atoms with E-state index in [1.54, 1.807) is 6.07 Å². The second-order valence-electron chi connectivity index (χ2n) is 6.20. The molecule has 1 fully saturated rings. The van der Waals surface area contributed by atoms with E-state index < -0.39 is 0 Å². The molecule has 0 spiro atoms. The minimum Gasteiger partial charge on any atom is -0.351 e. The molecule has 0 aromatic carbocycles. The van der Waals surface area contributed by atoms with Crippen LogP contribution in [0.25, 0.3) is 0 Å². The molecular formula is C18H23FN4. The molecule has 0 radical (unpaired) electrons. The number of hydrogen-bond acceptors (Lipinski definition) is 4. The topological polar surface area (TPSA) is 32.3 Å². The van der Waals surface area contributed by atoms with Crippen molar-refractivity contribution >= 4 is 5.82 Å². The summed E-state index contributed by atoms with van der Waals surface area (Å²) in [6, 6.07) is 9.79. The Hall–Kier alpha value is -2.01. The first-order valence-corrected chi connectivity index (χ1v) is 8.15. The third-order valence-corrected chi connectivity index (χ3v) is 4.35. The molecule has 2 aromatic rings. The van der Waals surface area contributed by atoms with Gasteiger partial charge in [-0.15, -0.1) is 0 Å². The SMILES string of the molecule is Cc1cccc(CCN2CCN(c3ccc(F)cn3)C(C)C2)n1. The summed E-state index contributed by atoms with van der Waals surface area (Å²) in [5.41, 5.74) is 2.23. The van der Waals surface area contributed by atoms with Crippen molar-refractivity contribution in [2.45, 2.75) is 26.3 Å². The Morgan fingerprint density at radius 1 is 1.22 bits per heavy atom. The Balaban J connectivity index is 1.55. The molecule has 1 aliphatic heterocycles. The molecule has 0 saturated carbocycles. The monoisotopic (exact) mass is 314 g/mol. The van der Waals surface area contributed by atoms with E-state index in [0.29, 0.717) is 6.04 Å². The normalized spacial score (nSPS) is 19.1. The molecule has 3 heterocycles. The smallest absolute Gasteiger partial charge is 0.141 e. The maximum absolute atomic E-state index is 13.0. The molecule has 0 amide bonds. The maximum Gasteiger partial charge on any atom is 0.141 e. The summed E-state index contributed by atoms with van der Waals surface area (Å²) in [5, 5.41) is 0. The van der Waals surface area contributed by atoms with Crippen LogP contribution in [0, 0.1) is 12.7 Å². The summed E-state index contributed by atoms with van der Waals surface area (Å²) < 4.78 is 13.0. The third kappa shape index (κ3) is 4.05. The fourth-order valence-corrected chi connectivity index (χ4v) is 3.13. The lowest BCUT2D eigenvalue weighted by Crippen LogP contribution is -2.52. The van der Waals surface area contributed by atoms with Crippen molar-refractivity contribution in [3.63, 3.8) is 0 Å². The summed E-state index contributed by atoms with van der Waals surface area (Å²) >= 11 is 0. The minimum atomic E-state index is -0.286. The molecule has 1 atom stereocenters. The molecular weight excluding hydrogens is 291 g/mol. The van der Waals surface area contributed by atoms with Crippen LogP contribution >= 0.6 is 0 Å². The van der Waals surface area contributed by atoms with Crippen molar-refractivity contribution in [1.29, 1.82) is 0 Å². The first-order chi connectivity index (χ1) is 11.1. The van der Waals surface area contributed by atoms with Gasteiger partial charge in [0.1, 0.15) is 11.6 Å². The van der Waals surface area contributed by atoms with Gasteiger partial charge in [-0.05, 0) is 38.1 Å². The van der Waals surface area contributed by atoms with Crippen LogP contribution in [-0.2, 0) is 6.42 Å². The molecule has 0 aliphatic carbocycles. The predicted molar refractivity (Wildman–Crippen MR) is 90.1 cm³/mol. The molecule has 1 aliphatic rings. The molecule has 4 nitrogen and oxygen atoms in total.